The van der Waals surface area contributed by atoms with E-state index in [1.807, 2.05) is 13.8 Å². The molecule has 0 aliphatic rings. The zero-order valence-electron chi connectivity index (χ0n) is 12.1. The largest absolute Gasteiger partial charge is 0.479 e. The summed E-state index contributed by atoms with van der Waals surface area (Å²) in [4.78, 5) is 19.0. The average Bonchev–Trinajstić information content (AvgIpc) is 2.44. The smallest absolute Gasteiger partial charge is 0.310 e. The summed E-state index contributed by atoms with van der Waals surface area (Å²) in [6, 6.07) is 6.54. The van der Waals surface area contributed by atoms with Gasteiger partial charge in [-0.05, 0) is 25.5 Å². The van der Waals surface area contributed by atoms with Crippen LogP contribution in [-0.2, 0) is 6.61 Å². The molecule has 1 aromatic carbocycles. The Morgan fingerprint density at radius 2 is 2.05 bits per heavy atom. The van der Waals surface area contributed by atoms with Gasteiger partial charge in [0.25, 0.3) is 0 Å². The standard InChI is InChI=1S/C14H16N4O3/c1-9-4-5-11(18(19)20)12(6-9)21-8-14-16-10(2)7-13(15-3)17-14/h4-7H,8H2,1-3H3,(H,15,16,17). The number of aryl methyl sites for hydroxylation is 2. The van der Waals surface area contributed by atoms with E-state index in [4.69, 9.17) is 4.74 Å². The molecule has 1 heterocycles. The molecule has 0 amide bonds. The van der Waals surface area contributed by atoms with Crippen LogP contribution in [0.4, 0.5) is 11.5 Å². The third kappa shape index (κ3) is 3.65. The summed E-state index contributed by atoms with van der Waals surface area (Å²) in [5.74, 6) is 1.37. The number of rotatable bonds is 5. The maximum atomic E-state index is 11.0. The van der Waals surface area contributed by atoms with Gasteiger partial charge in [-0.15, -0.1) is 0 Å². The number of anilines is 1. The number of nitrogens with one attached hydrogen (secondary N) is 1. The molecule has 0 spiro atoms. The second kappa shape index (κ2) is 6.17. The number of nitrogens with zero attached hydrogens (tertiary/aromatic N) is 3. The molecule has 0 saturated carbocycles. The van der Waals surface area contributed by atoms with Crippen LogP contribution in [0.3, 0.4) is 0 Å². The normalized spacial score (nSPS) is 10.2. The van der Waals surface area contributed by atoms with Gasteiger partial charge in [-0.2, -0.15) is 0 Å². The fourth-order valence-corrected chi connectivity index (χ4v) is 1.85. The van der Waals surface area contributed by atoms with Gasteiger partial charge in [0.05, 0.1) is 4.92 Å². The molecule has 0 unspecified atom stereocenters. The summed E-state index contributed by atoms with van der Waals surface area (Å²) >= 11 is 0. The Hall–Kier alpha value is -2.70. The summed E-state index contributed by atoms with van der Waals surface area (Å²) in [7, 11) is 1.76. The van der Waals surface area contributed by atoms with Gasteiger partial charge >= 0.3 is 5.69 Å². The molecule has 0 fully saturated rings. The number of nitro benzene ring substituents is 1. The summed E-state index contributed by atoms with van der Waals surface area (Å²) in [5.41, 5.74) is 1.62. The van der Waals surface area contributed by atoms with E-state index in [9.17, 15) is 10.1 Å². The van der Waals surface area contributed by atoms with Crippen molar-refractivity contribution < 1.29 is 9.66 Å². The molecule has 0 aliphatic heterocycles. The van der Waals surface area contributed by atoms with Crippen molar-refractivity contribution in [3.05, 3.63) is 51.5 Å². The highest BCUT2D eigenvalue weighted by Gasteiger charge is 2.15. The van der Waals surface area contributed by atoms with Gasteiger partial charge in [-0.3, -0.25) is 10.1 Å². The molecule has 7 nitrogen and oxygen atoms in total. The van der Waals surface area contributed by atoms with Gasteiger partial charge in [0.15, 0.2) is 11.6 Å². The molecule has 7 heteroatoms. The minimum absolute atomic E-state index is 0.0675. The minimum Gasteiger partial charge on any atom is -0.479 e. The summed E-state index contributed by atoms with van der Waals surface area (Å²) in [5, 5.41) is 13.9. The van der Waals surface area contributed by atoms with Gasteiger partial charge in [0.1, 0.15) is 12.4 Å². The van der Waals surface area contributed by atoms with Gasteiger partial charge in [0, 0.05) is 24.9 Å². The topological polar surface area (TPSA) is 90.2 Å². The molecule has 1 N–H and O–H groups in total. The van der Waals surface area contributed by atoms with Gasteiger partial charge in [-0.25, -0.2) is 9.97 Å². The number of benzene rings is 1. The lowest BCUT2D eigenvalue weighted by Gasteiger charge is -2.08. The summed E-state index contributed by atoms with van der Waals surface area (Å²) in [6.07, 6.45) is 0. The van der Waals surface area contributed by atoms with Crippen LogP contribution in [0.5, 0.6) is 5.75 Å². The van der Waals surface area contributed by atoms with Crippen LogP contribution in [0, 0.1) is 24.0 Å². The second-order valence-electron chi connectivity index (χ2n) is 4.58. The van der Waals surface area contributed by atoms with E-state index in [0.717, 1.165) is 11.3 Å². The van der Waals surface area contributed by atoms with Crippen LogP contribution in [0.2, 0.25) is 0 Å². The first-order valence-corrected chi connectivity index (χ1v) is 6.39. The first kappa shape index (κ1) is 14.7. The highest BCUT2D eigenvalue weighted by atomic mass is 16.6. The lowest BCUT2D eigenvalue weighted by molar-refractivity contribution is -0.386. The molecular weight excluding hydrogens is 272 g/mol. The van der Waals surface area contributed by atoms with E-state index in [0.29, 0.717) is 11.6 Å². The maximum Gasteiger partial charge on any atom is 0.310 e. The van der Waals surface area contributed by atoms with Crippen LogP contribution in [0.25, 0.3) is 0 Å². The Kier molecular flexibility index (Phi) is 4.32. The number of hydrogen-bond acceptors (Lipinski definition) is 6. The van der Waals surface area contributed by atoms with Crippen molar-refractivity contribution in [1.82, 2.24) is 9.97 Å². The van der Waals surface area contributed by atoms with Crippen LogP contribution in [-0.4, -0.2) is 21.9 Å². The zero-order chi connectivity index (χ0) is 15.4. The van der Waals surface area contributed by atoms with Crippen LogP contribution in [0.15, 0.2) is 24.3 Å². The van der Waals surface area contributed by atoms with E-state index in [-0.39, 0.29) is 18.0 Å². The van der Waals surface area contributed by atoms with Crippen molar-refractivity contribution in [3.8, 4) is 5.75 Å². The molecule has 0 bridgehead atoms. The molecule has 1 aromatic heterocycles. The zero-order valence-corrected chi connectivity index (χ0v) is 12.1. The number of ether oxygens (including phenoxy) is 1. The third-order valence-corrected chi connectivity index (χ3v) is 2.83. The quantitative estimate of drug-likeness (QED) is 0.672. The first-order valence-electron chi connectivity index (χ1n) is 6.39. The molecule has 0 atom stereocenters. The molecule has 21 heavy (non-hydrogen) atoms. The predicted molar refractivity (Wildman–Crippen MR) is 78.5 cm³/mol. The Bertz CT molecular complexity index is 673. The first-order chi connectivity index (χ1) is 9.99. The highest BCUT2D eigenvalue weighted by Crippen LogP contribution is 2.28. The minimum atomic E-state index is -0.467. The SMILES string of the molecule is CNc1cc(C)nc(COc2cc(C)ccc2[N+](=O)[O-])n1. The third-order valence-electron chi connectivity index (χ3n) is 2.83. The van der Waals surface area contributed by atoms with Crippen LogP contribution >= 0.6 is 0 Å². The fraction of sp³-hybridized carbons (Fsp3) is 0.286. The second-order valence-corrected chi connectivity index (χ2v) is 4.58. The predicted octanol–water partition coefficient (Wildman–Crippen LogP) is 2.62. The summed E-state index contributed by atoms with van der Waals surface area (Å²) in [6.45, 7) is 3.76. The Labute approximate surface area is 122 Å². The van der Waals surface area contributed by atoms with Crippen molar-refractivity contribution in [2.45, 2.75) is 20.5 Å². The Balaban J connectivity index is 2.22. The summed E-state index contributed by atoms with van der Waals surface area (Å²) < 4.78 is 5.53. The highest BCUT2D eigenvalue weighted by molar-refractivity contribution is 5.48. The van der Waals surface area contributed by atoms with Crippen molar-refractivity contribution >= 4 is 11.5 Å². The molecule has 2 rings (SSSR count). The molecule has 110 valence electrons. The maximum absolute atomic E-state index is 11.0. The molecule has 0 aliphatic carbocycles. The number of aromatic nitrogens is 2. The van der Waals surface area contributed by atoms with E-state index < -0.39 is 4.92 Å². The Morgan fingerprint density at radius 3 is 2.71 bits per heavy atom. The molecule has 2 aromatic rings. The number of nitro groups is 1. The molecule has 0 radical (unpaired) electrons. The van der Waals surface area contributed by atoms with Gasteiger partial charge in [0.2, 0.25) is 0 Å². The van der Waals surface area contributed by atoms with Crippen molar-refractivity contribution in [2.75, 3.05) is 12.4 Å². The fourth-order valence-electron chi connectivity index (χ4n) is 1.85. The lowest BCUT2D eigenvalue weighted by Crippen LogP contribution is -2.06. The van der Waals surface area contributed by atoms with Crippen molar-refractivity contribution in [2.24, 2.45) is 0 Å². The van der Waals surface area contributed by atoms with Crippen LogP contribution in [0.1, 0.15) is 17.1 Å². The van der Waals surface area contributed by atoms with E-state index in [1.165, 1.54) is 6.07 Å². The van der Waals surface area contributed by atoms with E-state index >= 15 is 0 Å². The van der Waals surface area contributed by atoms with Gasteiger partial charge < -0.3 is 10.1 Å². The number of hydrogen-bond donors (Lipinski definition) is 1. The van der Waals surface area contributed by atoms with E-state index in [1.54, 1.807) is 25.2 Å². The van der Waals surface area contributed by atoms with E-state index in [2.05, 4.69) is 15.3 Å². The Morgan fingerprint density at radius 1 is 1.29 bits per heavy atom. The lowest BCUT2D eigenvalue weighted by atomic mass is 10.2. The van der Waals surface area contributed by atoms with Gasteiger partial charge in [-0.1, -0.05) is 6.07 Å². The van der Waals surface area contributed by atoms with Crippen molar-refractivity contribution in [1.29, 1.82) is 0 Å². The van der Waals surface area contributed by atoms with Crippen molar-refractivity contribution in [3.63, 3.8) is 0 Å². The average molecular weight is 288 g/mol. The molecular formula is C14H16N4O3. The molecule has 0 saturated heterocycles. The monoisotopic (exact) mass is 288 g/mol. The van der Waals surface area contributed by atoms with Crippen LogP contribution < -0.4 is 10.1 Å².